The Kier molecular flexibility index (Phi) is 2.92. The van der Waals surface area contributed by atoms with Crippen LogP contribution in [0.25, 0.3) is 0 Å². The zero-order valence-corrected chi connectivity index (χ0v) is 10.6. The van der Waals surface area contributed by atoms with Crippen LogP contribution in [0.15, 0.2) is 33.6 Å². The number of amidine groups is 1. The molecule has 1 atom stereocenters. The minimum absolute atomic E-state index is 0.0434. The van der Waals surface area contributed by atoms with Crippen LogP contribution in [0, 0.1) is 0 Å². The normalized spacial score (nSPS) is 18.4. The first-order chi connectivity index (χ1) is 7.92. The molecule has 0 fully saturated rings. The van der Waals surface area contributed by atoms with E-state index in [9.17, 15) is 8.42 Å². The van der Waals surface area contributed by atoms with Gasteiger partial charge < -0.3 is 10.6 Å². The van der Waals surface area contributed by atoms with Crippen LogP contribution in [0.5, 0.6) is 0 Å². The van der Waals surface area contributed by atoms with E-state index in [1.807, 2.05) is 6.92 Å². The summed E-state index contributed by atoms with van der Waals surface area (Å²) in [5, 5.41) is 0. The molecule has 2 N–H and O–H groups in total. The molecule has 0 amide bonds. The van der Waals surface area contributed by atoms with Crippen molar-refractivity contribution in [1.29, 1.82) is 0 Å². The Balaban J connectivity index is 2.45. The fourth-order valence-electron chi connectivity index (χ4n) is 1.88. The highest BCUT2D eigenvalue weighted by Gasteiger charge is 2.30. The molecule has 92 valence electrons. The molecule has 6 heteroatoms. The van der Waals surface area contributed by atoms with E-state index in [0.717, 1.165) is 0 Å². The number of nitrogens with two attached hydrogens (primary N) is 1. The van der Waals surface area contributed by atoms with E-state index in [1.54, 1.807) is 36.2 Å². The maximum atomic E-state index is 11.8. The fraction of sp³-hybridized carbons (Fsp3) is 0.364. The smallest absolute Gasteiger partial charge is 0.285 e. The SMILES string of the molecule is CC(N)CN(C)C1=NS(=O)(=O)c2ccccc21. The van der Waals surface area contributed by atoms with Crippen molar-refractivity contribution in [3.05, 3.63) is 29.8 Å². The fourth-order valence-corrected chi connectivity index (χ4v) is 3.13. The Morgan fingerprint density at radius 2 is 2.06 bits per heavy atom. The van der Waals surface area contributed by atoms with Crippen LogP contribution in [0.3, 0.4) is 0 Å². The van der Waals surface area contributed by atoms with Gasteiger partial charge in [-0.25, -0.2) is 0 Å². The van der Waals surface area contributed by atoms with Crippen molar-refractivity contribution in [2.24, 2.45) is 10.1 Å². The summed E-state index contributed by atoms with van der Waals surface area (Å²) in [6.45, 7) is 2.43. The predicted octanol–water partition coefficient (Wildman–Crippen LogP) is 0.415. The minimum Gasteiger partial charge on any atom is -0.357 e. The van der Waals surface area contributed by atoms with Crippen molar-refractivity contribution >= 4 is 15.9 Å². The lowest BCUT2D eigenvalue weighted by Crippen LogP contribution is -2.36. The number of hydrogen-bond donors (Lipinski definition) is 1. The van der Waals surface area contributed by atoms with Crippen molar-refractivity contribution < 1.29 is 8.42 Å². The molecule has 1 aliphatic heterocycles. The van der Waals surface area contributed by atoms with Gasteiger partial charge in [-0.15, -0.1) is 4.40 Å². The molecule has 0 saturated carbocycles. The van der Waals surface area contributed by atoms with E-state index in [4.69, 9.17) is 5.73 Å². The molecule has 0 saturated heterocycles. The quantitative estimate of drug-likeness (QED) is 0.828. The highest BCUT2D eigenvalue weighted by Crippen LogP contribution is 2.26. The summed E-state index contributed by atoms with van der Waals surface area (Å²) >= 11 is 0. The Bertz CT molecular complexity index is 564. The van der Waals surface area contributed by atoms with E-state index < -0.39 is 10.0 Å². The minimum atomic E-state index is -3.53. The van der Waals surface area contributed by atoms with Crippen molar-refractivity contribution in [3.63, 3.8) is 0 Å². The Hall–Kier alpha value is -1.40. The van der Waals surface area contributed by atoms with E-state index in [2.05, 4.69) is 4.40 Å². The molecule has 0 aliphatic carbocycles. The van der Waals surface area contributed by atoms with Crippen LogP contribution in [-0.2, 0) is 10.0 Å². The zero-order valence-electron chi connectivity index (χ0n) is 9.79. The first-order valence-electron chi connectivity index (χ1n) is 5.33. The summed E-state index contributed by atoms with van der Waals surface area (Å²) in [6, 6.07) is 6.78. The largest absolute Gasteiger partial charge is 0.357 e. The van der Waals surface area contributed by atoms with Crippen LogP contribution in [0.1, 0.15) is 12.5 Å². The highest BCUT2D eigenvalue weighted by atomic mass is 32.2. The van der Waals surface area contributed by atoms with Crippen LogP contribution in [-0.4, -0.2) is 38.8 Å². The lowest BCUT2D eigenvalue weighted by Gasteiger charge is -2.20. The highest BCUT2D eigenvalue weighted by molar-refractivity contribution is 7.90. The Morgan fingerprint density at radius 1 is 1.41 bits per heavy atom. The molecule has 1 unspecified atom stereocenters. The first kappa shape index (κ1) is 12.1. The average molecular weight is 253 g/mol. The van der Waals surface area contributed by atoms with Gasteiger partial charge in [-0.05, 0) is 19.1 Å². The van der Waals surface area contributed by atoms with Gasteiger partial charge in [-0.2, -0.15) is 8.42 Å². The lowest BCUT2D eigenvalue weighted by molar-refractivity contribution is 0.464. The van der Waals surface area contributed by atoms with Gasteiger partial charge in [0.15, 0.2) is 5.84 Å². The number of rotatable bonds is 2. The molecule has 0 bridgehead atoms. The number of hydrogen-bond acceptors (Lipinski definition) is 4. The number of benzene rings is 1. The molecule has 2 rings (SSSR count). The molecule has 0 aromatic heterocycles. The number of likely N-dealkylation sites (N-methyl/N-ethyl adjacent to an activating group) is 1. The standard InChI is InChI=1S/C11H15N3O2S/c1-8(12)7-14(2)11-9-5-3-4-6-10(9)17(15,16)13-11/h3-6,8H,7,12H2,1-2H3. The summed E-state index contributed by atoms with van der Waals surface area (Å²) in [5.74, 6) is 0.470. The molecular formula is C11H15N3O2S. The predicted molar refractivity (Wildman–Crippen MR) is 66.4 cm³/mol. The Labute approximate surface area is 101 Å². The van der Waals surface area contributed by atoms with Crippen LogP contribution >= 0.6 is 0 Å². The molecule has 1 aromatic rings. The van der Waals surface area contributed by atoms with Gasteiger partial charge in [0.05, 0.1) is 0 Å². The van der Waals surface area contributed by atoms with Gasteiger partial charge in [0.1, 0.15) is 4.90 Å². The molecule has 17 heavy (non-hydrogen) atoms. The summed E-state index contributed by atoms with van der Waals surface area (Å²) in [4.78, 5) is 2.04. The molecule has 0 radical (unpaired) electrons. The third-order valence-electron chi connectivity index (χ3n) is 2.54. The van der Waals surface area contributed by atoms with Gasteiger partial charge in [-0.1, -0.05) is 12.1 Å². The number of sulfonamides is 1. The van der Waals surface area contributed by atoms with E-state index in [-0.39, 0.29) is 10.9 Å². The van der Waals surface area contributed by atoms with E-state index >= 15 is 0 Å². The topological polar surface area (TPSA) is 75.8 Å². The van der Waals surface area contributed by atoms with Gasteiger partial charge in [0.25, 0.3) is 10.0 Å². The monoisotopic (exact) mass is 253 g/mol. The summed E-state index contributed by atoms with van der Waals surface area (Å²) < 4.78 is 27.4. The van der Waals surface area contributed by atoms with E-state index in [0.29, 0.717) is 17.9 Å². The summed E-state index contributed by atoms with van der Waals surface area (Å²) in [7, 11) is -1.74. The van der Waals surface area contributed by atoms with Crippen molar-refractivity contribution in [2.45, 2.75) is 17.9 Å². The molecule has 1 aromatic carbocycles. The van der Waals surface area contributed by atoms with Crippen LogP contribution in [0.4, 0.5) is 0 Å². The Morgan fingerprint density at radius 3 is 2.71 bits per heavy atom. The lowest BCUT2D eigenvalue weighted by atomic mass is 10.2. The summed E-state index contributed by atoms with van der Waals surface area (Å²) in [6.07, 6.45) is 0. The van der Waals surface area contributed by atoms with Gasteiger partial charge in [-0.3, -0.25) is 0 Å². The molecule has 1 aliphatic rings. The molecule has 0 spiro atoms. The van der Waals surface area contributed by atoms with Gasteiger partial charge in [0.2, 0.25) is 0 Å². The van der Waals surface area contributed by atoms with Crippen molar-refractivity contribution in [3.8, 4) is 0 Å². The maximum absolute atomic E-state index is 11.8. The number of nitrogens with zero attached hydrogens (tertiary/aromatic N) is 2. The zero-order chi connectivity index (χ0) is 12.6. The summed E-state index contributed by atoms with van der Waals surface area (Å²) in [5.41, 5.74) is 6.35. The first-order valence-corrected chi connectivity index (χ1v) is 6.77. The second-order valence-electron chi connectivity index (χ2n) is 4.24. The molecular weight excluding hydrogens is 238 g/mol. The second-order valence-corrected chi connectivity index (χ2v) is 5.82. The third kappa shape index (κ3) is 2.18. The maximum Gasteiger partial charge on any atom is 0.285 e. The van der Waals surface area contributed by atoms with Crippen LogP contribution < -0.4 is 5.73 Å². The molecule has 1 heterocycles. The van der Waals surface area contributed by atoms with Gasteiger partial charge in [0, 0.05) is 25.2 Å². The van der Waals surface area contributed by atoms with Crippen molar-refractivity contribution in [1.82, 2.24) is 4.90 Å². The second kappa shape index (κ2) is 4.12. The van der Waals surface area contributed by atoms with Crippen LogP contribution in [0.2, 0.25) is 0 Å². The van der Waals surface area contributed by atoms with E-state index in [1.165, 1.54) is 0 Å². The van der Waals surface area contributed by atoms with Crippen molar-refractivity contribution in [2.75, 3.05) is 13.6 Å². The van der Waals surface area contributed by atoms with Gasteiger partial charge >= 0.3 is 0 Å². The number of fused-ring (bicyclic) bond motifs is 1. The molecule has 5 nitrogen and oxygen atoms in total. The average Bonchev–Trinajstić information content (AvgIpc) is 2.51. The third-order valence-corrected chi connectivity index (χ3v) is 3.86.